The molecule has 1 aromatic heterocycles. The third-order valence-electron chi connectivity index (χ3n) is 5.68. The van der Waals surface area contributed by atoms with Crippen LogP contribution in [0.15, 0.2) is 33.7 Å². The van der Waals surface area contributed by atoms with Gasteiger partial charge in [0.2, 0.25) is 15.9 Å². The van der Waals surface area contributed by atoms with Crippen molar-refractivity contribution in [2.75, 3.05) is 18.4 Å². The topological polar surface area (TPSA) is 92.5 Å². The van der Waals surface area contributed by atoms with E-state index in [-0.39, 0.29) is 16.7 Å². The first-order chi connectivity index (χ1) is 14.3. The Labute approximate surface area is 178 Å². The summed E-state index contributed by atoms with van der Waals surface area (Å²) < 4.78 is 32.3. The number of sulfonamides is 1. The number of carbonyl (C=O) groups is 1. The molecular formula is C22H31N3O4S. The highest BCUT2D eigenvalue weighted by Gasteiger charge is 2.35. The standard InChI is InChI=1S/C22H31N3O4S/c1-4-5-6-7-18-8-10-20(11-9-18)23-22(26)19-12-14-25(15-13-19)30(27,28)21-16(2)24-29-17(21)3/h8-11,19H,4-7,12-15H2,1-3H3,(H,23,26). The van der Waals surface area contributed by atoms with Crippen molar-refractivity contribution in [3.8, 4) is 0 Å². The van der Waals surface area contributed by atoms with Crippen LogP contribution in [0.2, 0.25) is 0 Å². The summed E-state index contributed by atoms with van der Waals surface area (Å²) in [5.74, 6) is 0.0407. The molecule has 1 aromatic carbocycles. The van der Waals surface area contributed by atoms with Crippen molar-refractivity contribution in [2.45, 2.75) is 64.2 Å². The van der Waals surface area contributed by atoms with Crippen molar-refractivity contribution in [3.63, 3.8) is 0 Å². The third-order valence-corrected chi connectivity index (χ3v) is 7.82. The number of rotatable bonds is 8. The molecule has 0 aliphatic carbocycles. The van der Waals surface area contributed by atoms with Crippen molar-refractivity contribution >= 4 is 21.6 Å². The fourth-order valence-corrected chi connectivity index (χ4v) is 5.67. The van der Waals surface area contributed by atoms with Crippen LogP contribution in [0.1, 0.15) is 56.0 Å². The lowest BCUT2D eigenvalue weighted by Gasteiger charge is -2.30. The minimum atomic E-state index is -3.66. The maximum absolute atomic E-state index is 12.9. The summed E-state index contributed by atoms with van der Waals surface area (Å²) in [6.45, 7) is 6.03. The Bertz CT molecular complexity index is 939. The predicted molar refractivity (Wildman–Crippen MR) is 116 cm³/mol. The zero-order valence-electron chi connectivity index (χ0n) is 18.0. The lowest BCUT2D eigenvalue weighted by molar-refractivity contribution is -0.120. The molecule has 1 amide bonds. The van der Waals surface area contributed by atoms with Crippen molar-refractivity contribution in [3.05, 3.63) is 41.3 Å². The second-order valence-corrected chi connectivity index (χ2v) is 9.85. The summed E-state index contributed by atoms with van der Waals surface area (Å²) in [5, 5.41) is 6.72. The molecule has 7 nitrogen and oxygen atoms in total. The maximum atomic E-state index is 12.9. The van der Waals surface area contributed by atoms with Crippen molar-refractivity contribution < 1.29 is 17.7 Å². The first kappa shape index (κ1) is 22.5. The van der Waals surface area contributed by atoms with Crippen LogP contribution in [0.25, 0.3) is 0 Å². The van der Waals surface area contributed by atoms with Gasteiger partial charge in [0.1, 0.15) is 10.6 Å². The quantitative estimate of drug-likeness (QED) is 0.634. The van der Waals surface area contributed by atoms with E-state index < -0.39 is 10.0 Å². The minimum absolute atomic E-state index is 0.0527. The van der Waals surface area contributed by atoms with Gasteiger partial charge in [-0.15, -0.1) is 0 Å². The molecule has 0 unspecified atom stereocenters. The monoisotopic (exact) mass is 433 g/mol. The first-order valence-electron chi connectivity index (χ1n) is 10.7. The van der Waals surface area contributed by atoms with Crippen LogP contribution in [0.3, 0.4) is 0 Å². The van der Waals surface area contributed by atoms with Crippen molar-refractivity contribution in [1.29, 1.82) is 0 Å². The Balaban J connectivity index is 1.54. The molecule has 1 fully saturated rings. The highest BCUT2D eigenvalue weighted by molar-refractivity contribution is 7.89. The fraction of sp³-hybridized carbons (Fsp3) is 0.545. The Morgan fingerprint density at radius 1 is 1.17 bits per heavy atom. The lowest BCUT2D eigenvalue weighted by atomic mass is 9.97. The van der Waals surface area contributed by atoms with Gasteiger partial charge in [0.15, 0.2) is 5.76 Å². The third kappa shape index (κ3) is 5.10. The van der Waals surface area contributed by atoms with Gasteiger partial charge in [0, 0.05) is 24.7 Å². The predicted octanol–water partition coefficient (Wildman–Crippen LogP) is 4.06. The summed E-state index contributed by atoms with van der Waals surface area (Å²) in [4.78, 5) is 12.8. The molecule has 1 saturated heterocycles. The van der Waals surface area contributed by atoms with Crippen LogP contribution < -0.4 is 5.32 Å². The molecule has 30 heavy (non-hydrogen) atoms. The molecule has 0 bridgehead atoms. The van der Waals surface area contributed by atoms with Gasteiger partial charge in [-0.25, -0.2) is 8.42 Å². The van der Waals surface area contributed by atoms with E-state index in [0.717, 1.165) is 12.1 Å². The number of aromatic nitrogens is 1. The smallest absolute Gasteiger partial charge is 0.248 e. The summed E-state index contributed by atoms with van der Waals surface area (Å²) in [7, 11) is -3.66. The second kappa shape index (κ2) is 9.75. The molecule has 0 saturated carbocycles. The highest BCUT2D eigenvalue weighted by atomic mass is 32.2. The van der Waals surface area contributed by atoms with E-state index in [2.05, 4.69) is 29.5 Å². The molecule has 1 aliphatic heterocycles. The molecule has 164 valence electrons. The average molecular weight is 434 g/mol. The molecule has 0 atom stereocenters. The molecule has 1 aliphatic rings. The van der Waals surface area contributed by atoms with Gasteiger partial charge in [-0.05, 0) is 57.2 Å². The maximum Gasteiger partial charge on any atom is 0.248 e. The number of carbonyl (C=O) groups excluding carboxylic acids is 1. The summed E-state index contributed by atoms with van der Waals surface area (Å²) in [6, 6.07) is 8.00. The largest absolute Gasteiger partial charge is 0.360 e. The second-order valence-electron chi connectivity index (χ2n) is 7.97. The van der Waals surface area contributed by atoms with E-state index in [4.69, 9.17) is 4.52 Å². The molecule has 2 heterocycles. The number of aryl methyl sites for hydroxylation is 3. The molecule has 3 rings (SSSR count). The molecule has 1 N–H and O–H groups in total. The van der Waals surface area contributed by atoms with Crippen LogP contribution in [0.5, 0.6) is 0 Å². The van der Waals surface area contributed by atoms with Gasteiger partial charge in [-0.1, -0.05) is 37.1 Å². The van der Waals surface area contributed by atoms with Gasteiger partial charge in [0.25, 0.3) is 0 Å². The molecule has 0 spiro atoms. The SMILES string of the molecule is CCCCCc1ccc(NC(=O)C2CCN(S(=O)(=O)c3c(C)noc3C)CC2)cc1. The number of anilines is 1. The Morgan fingerprint density at radius 3 is 2.40 bits per heavy atom. The Morgan fingerprint density at radius 2 is 1.83 bits per heavy atom. The number of hydrogen-bond acceptors (Lipinski definition) is 5. The number of piperidine rings is 1. The van der Waals surface area contributed by atoms with E-state index in [9.17, 15) is 13.2 Å². The zero-order chi connectivity index (χ0) is 21.7. The number of benzene rings is 1. The Kier molecular flexibility index (Phi) is 7.31. The minimum Gasteiger partial charge on any atom is -0.360 e. The normalized spacial score (nSPS) is 16.0. The summed E-state index contributed by atoms with van der Waals surface area (Å²) in [6.07, 6.45) is 5.64. The highest BCUT2D eigenvalue weighted by Crippen LogP contribution is 2.28. The summed E-state index contributed by atoms with van der Waals surface area (Å²) in [5.41, 5.74) is 2.43. The van der Waals surface area contributed by atoms with E-state index >= 15 is 0 Å². The zero-order valence-corrected chi connectivity index (χ0v) is 18.8. The average Bonchev–Trinajstić information content (AvgIpc) is 3.08. The van der Waals surface area contributed by atoms with Crippen LogP contribution >= 0.6 is 0 Å². The fourth-order valence-electron chi connectivity index (χ4n) is 3.91. The summed E-state index contributed by atoms with van der Waals surface area (Å²) >= 11 is 0. The van der Waals surface area contributed by atoms with Gasteiger partial charge in [-0.3, -0.25) is 4.79 Å². The van der Waals surface area contributed by atoms with Crippen LogP contribution in [-0.4, -0.2) is 36.9 Å². The van der Waals surface area contributed by atoms with E-state index in [1.54, 1.807) is 13.8 Å². The van der Waals surface area contributed by atoms with E-state index in [1.807, 2.05) is 12.1 Å². The van der Waals surface area contributed by atoms with E-state index in [1.165, 1.54) is 29.1 Å². The van der Waals surface area contributed by atoms with Crippen LogP contribution in [-0.2, 0) is 21.2 Å². The number of nitrogens with one attached hydrogen (secondary N) is 1. The van der Waals surface area contributed by atoms with Gasteiger partial charge in [0.05, 0.1) is 0 Å². The van der Waals surface area contributed by atoms with Crippen LogP contribution in [0, 0.1) is 19.8 Å². The van der Waals surface area contributed by atoms with Gasteiger partial charge in [-0.2, -0.15) is 4.31 Å². The van der Waals surface area contributed by atoms with Crippen molar-refractivity contribution in [1.82, 2.24) is 9.46 Å². The molecule has 2 aromatic rings. The van der Waals surface area contributed by atoms with Crippen molar-refractivity contribution in [2.24, 2.45) is 5.92 Å². The first-order valence-corrected chi connectivity index (χ1v) is 12.1. The van der Waals surface area contributed by atoms with Crippen LogP contribution in [0.4, 0.5) is 5.69 Å². The van der Waals surface area contributed by atoms with E-state index in [0.29, 0.717) is 37.4 Å². The van der Waals surface area contributed by atoms with Gasteiger partial charge >= 0.3 is 0 Å². The Hall–Kier alpha value is -2.19. The lowest BCUT2D eigenvalue weighted by Crippen LogP contribution is -2.41. The number of amides is 1. The van der Waals surface area contributed by atoms with Gasteiger partial charge < -0.3 is 9.84 Å². The number of nitrogens with zero attached hydrogens (tertiary/aromatic N) is 2. The number of unbranched alkanes of at least 4 members (excludes halogenated alkanes) is 2. The number of hydrogen-bond donors (Lipinski definition) is 1. The molecular weight excluding hydrogens is 402 g/mol. The molecule has 0 radical (unpaired) electrons. The molecule has 8 heteroatoms.